The molecule has 28 heavy (non-hydrogen) atoms. The number of methoxy groups -OCH3 is 1. The molecule has 2 aliphatic heterocycles. The van der Waals surface area contributed by atoms with Gasteiger partial charge in [0.2, 0.25) is 5.95 Å². The van der Waals surface area contributed by atoms with Gasteiger partial charge in [0.15, 0.2) is 0 Å². The first-order valence-electron chi connectivity index (χ1n) is 10.3. The van der Waals surface area contributed by atoms with Crippen LogP contribution in [0.3, 0.4) is 0 Å². The Hall–Kier alpha value is -2.52. The summed E-state index contributed by atoms with van der Waals surface area (Å²) < 4.78 is 5.61. The van der Waals surface area contributed by atoms with Gasteiger partial charge in [0.05, 0.1) is 18.2 Å². The molecule has 0 bridgehead atoms. The number of benzene rings is 1. The van der Waals surface area contributed by atoms with Gasteiger partial charge < -0.3 is 19.9 Å². The minimum absolute atomic E-state index is 0.773. The Balaban J connectivity index is 1.63. The maximum Gasteiger partial charge on any atom is 0.227 e. The van der Waals surface area contributed by atoms with Crippen molar-refractivity contribution in [2.24, 2.45) is 0 Å². The Kier molecular flexibility index (Phi) is 5.82. The zero-order chi connectivity index (χ0) is 19.3. The standard InChI is InChI=1S/C22H29N5O/c1-23-21-18-16-20(28-2)17(9-3-4-10-26-11-5-6-12-26)15-19(18)24-22(25-21)27-13-7-8-14-27/h15-16H,4-8,10-14H2,1-2H3,(H,23,24,25). The smallest absolute Gasteiger partial charge is 0.227 e. The van der Waals surface area contributed by atoms with E-state index >= 15 is 0 Å². The molecule has 2 aromatic rings. The summed E-state index contributed by atoms with van der Waals surface area (Å²) in [6.45, 7) is 5.52. The van der Waals surface area contributed by atoms with Gasteiger partial charge in [-0.25, -0.2) is 4.98 Å². The minimum atomic E-state index is 0.773. The van der Waals surface area contributed by atoms with Crippen LogP contribution in [0.15, 0.2) is 12.1 Å². The highest BCUT2D eigenvalue weighted by molar-refractivity contribution is 5.92. The van der Waals surface area contributed by atoms with Crippen molar-refractivity contribution in [3.8, 4) is 17.6 Å². The van der Waals surface area contributed by atoms with E-state index in [4.69, 9.17) is 14.7 Å². The van der Waals surface area contributed by atoms with Crippen LogP contribution in [0.1, 0.15) is 37.7 Å². The van der Waals surface area contributed by atoms with Gasteiger partial charge in [-0.15, -0.1) is 0 Å². The first-order chi connectivity index (χ1) is 13.8. The van der Waals surface area contributed by atoms with Crippen LogP contribution in [0.25, 0.3) is 10.9 Å². The Morgan fingerprint density at radius 1 is 1.07 bits per heavy atom. The second-order valence-electron chi connectivity index (χ2n) is 7.49. The lowest BCUT2D eigenvalue weighted by Crippen LogP contribution is -2.21. The van der Waals surface area contributed by atoms with Gasteiger partial charge >= 0.3 is 0 Å². The fraction of sp³-hybridized carbons (Fsp3) is 0.545. The molecule has 1 aromatic carbocycles. The highest BCUT2D eigenvalue weighted by Crippen LogP contribution is 2.30. The van der Waals surface area contributed by atoms with E-state index in [1.165, 1.54) is 38.8 Å². The van der Waals surface area contributed by atoms with Crippen LogP contribution in [0.4, 0.5) is 11.8 Å². The van der Waals surface area contributed by atoms with Crippen molar-refractivity contribution in [3.05, 3.63) is 17.7 Å². The molecule has 0 atom stereocenters. The highest BCUT2D eigenvalue weighted by Gasteiger charge is 2.18. The van der Waals surface area contributed by atoms with Crippen LogP contribution in [0.5, 0.6) is 5.75 Å². The van der Waals surface area contributed by atoms with Gasteiger partial charge in [0, 0.05) is 38.5 Å². The van der Waals surface area contributed by atoms with Crippen molar-refractivity contribution in [1.29, 1.82) is 0 Å². The van der Waals surface area contributed by atoms with Crippen molar-refractivity contribution in [2.45, 2.75) is 32.1 Å². The topological polar surface area (TPSA) is 53.5 Å². The van der Waals surface area contributed by atoms with E-state index in [0.29, 0.717) is 0 Å². The van der Waals surface area contributed by atoms with Crippen LogP contribution in [0.2, 0.25) is 0 Å². The summed E-state index contributed by atoms with van der Waals surface area (Å²) in [5.41, 5.74) is 1.80. The Labute approximate surface area is 167 Å². The predicted molar refractivity (Wildman–Crippen MR) is 114 cm³/mol. The molecule has 6 nitrogen and oxygen atoms in total. The summed E-state index contributed by atoms with van der Waals surface area (Å²) in [5.74, 6) is 9.04. The lowest BCUT2D eigenvalue weighted by Gasteiger charge is -2.17. The molecule has 0 amide bonds. The fourth-order valence-electron chi connectivity index (χ4n) is 4.04. The Morgan fingerprint density at radius 3 is 2.54 bits per heavy atom. The quantitative estimate of drug-likeness (QED) is 0.806. The van der Waals surface area contributed by atoms with E-state index in [1.54, 1.807) is 7.11 Å². The average molecular weight is 380 g/mol. The summed E-state index contributed by atoms with van der Waals surface area (Å²) in [5, 5.41) is 4.18. The third-order valence-electron chi connectivity index (χ3n) is 5.61. The molecular weight excluding hydrogens is 350 g/mol. The number of nitrogens with one attached hydrogen (secondary N) is 1. The summed E-state index contributed by atoms with van der Waals surface area (Å²) in [7, 11) is 3.59. The number of hydrogen-bond donors (Lipinski definition) is 1. The molecular formula is C22H29N5O. The molecule has 2 aliphatic rings. The third kappa shape index (κ3) is 4.00. The van der Waals surface area contributed by atoms with E-state index in [1.807, 2.05) is 19.2 Å². The number of fused-ring (bicyclic) bond motifs is 1. The third-order valence-corrected chi connectivity index (χ3v) is 5.61. The molecule has 0 radical (unpaired) electrons. The number of nitrogens with zero attached hydrogens (tertiary/aromatic N) is 4. The van der Waals surface area contributed by atoms with E-state index in [9.17, 15) is 0 Å². The molecule has 0 unspecified atom stereocenters. The number of rotatable bonds is 5. The van der Waals surface area contributed by atoms with Crippen molar-refractivity contribution in [2.75, 3.05) is 57.1 Å². The van der Waals surface area contributed by atoms with E-state index in [-0.39, 0.29) is 0 Å². The highest BCUT2D eigenvalue weighted by atomic mass is 16.5. The minimum Gasteiger partial charge on any atom is -0.495 e. The van der Waals surface area contributed by atoms with Crippen LogP contribution in [0, 0.1) is 11.8 Å². The second-order valence-corrected chi connectivity index (χ2v) is 7.49. The first-order valence-corrected chi connectivity index (χ1v) is 10.3. The molecule has 3 heterocycles. The van der Waals surface area contributed by atoms with Gasteiger partial charge in [0.1, 0.15) is 11.6 Å². The summed E-state index contributed by atoms with van der Waals surface area (Å²) in [6.07, 6.45) is 5.92. The first kappa shape index (κ1) is 18.8. The van der Waals surface area contributed by atoms with E-state index in [0.717, 1.165) is 60.0 Å². The van der Waals surface area contributed by atoms with Crippen molar-refractivity contribution in [3.63, 3.8) is 0 Å². The lowest BCUT2D eigenvalue weighted by atomic mass is 10.1. The molecule has 0 spiro atoms. The Morgan fingerprint density at radius 2 is 1.82 bits per heavy atom. The zero-order valence-corrected chi connectivity index (χ0v) is 16.9. The fourth-order valence-corrected chi connectivity index (χ4v) is 4.04. The zero-order valence-electron chi connectivity index (χ0n) is 16.9. The van der Waals surface area contributed by atoms with Gasteiger partial charge in [-0.2, -0.15) is 4.98 Å². The van der Waals surface area contributed by atoms with Crippen molar-refractivity contribution < 1.29 is 4.74 Å². The van der Waals surface area contributed by atoms with Crippen molar-refractivity contribution >= 4 is 22.7 Å². The number of hydrogen-bond acceptors (Lipinski definition) is 6. The van der Waals surface area contributed by atoms with Gasteiger partial charge in [-0.05, 0) is 50.9 Å². The number of likely N-dealkylation sites (tertiary alicyclic amines) is 1. The summed E-state index contributed by atoms with van der Waals surface area (Å²) in [4.78, 5) is 14.3. The Bertz CT molecular complexity index is 889. The maximum atomic E-state index is 5.61. The van der Waals surface area contributed by atoms with Gasteiger partial charge in [-0.3, -0.25) is 0 Å². The SMILES string of the molecule is CNc1nc(N2CCCC2)nc2cc(C#CCCN3CCCC3)c(OC)cc12. The van der Waals surface area contributed by atoms with Crippen LogP contribution in [-0.2, 0) is 0 Å². The molecule has 148 valence electrons. The predicted octanol–water partition coefficient (Wildman–Crippen LogP) is 3.12. The normalized spacial score (nSPS) is 17.0. The average Bonchev–Trinajstić information content (AvgIpc) is 3.43. The van der Waals surface area contributed by atoms with Gasteiger partial charge in [-0.1, -0.05) is 11.8 Å². The molecule has 0 aliphatic carbocycles. The molecule has 1 N–H and O–H groups in total. The molecule has 1 aromatic heterocycles. The lowest BCUT2D eigenvalue weighted by molar-refractivity contribution is 0.348. The van der Waals surface area contributed by atoms with E-state index < -0.39 is 0 Å². The molecule has 6 heteroatoms. The maximum absolute atomic E-state index is 5.61. The second kappa shape index (κ2) is 8.66. The van der Waals surface area contributed by atoms with Crippen LogP contribution >= 0.6 is 0 Å². The molecule has 0 saturated carbocycles. The monoisotopic (exact) mass is 379 g/mol. The molecule has 2 saturated heterocycles. The van der Waals surface area contributed by atoms with E-state index in [2.05, 4.69) is 27.0 Å². The number of anilines is 2. The number of ether oxygens (including phenoxy) is 1. The summed E-state index contributed by atoms with van der Waals surface area (Å²) in [6, 6.07) is 4.04. The number of aromatic nitrogens is 2. The molecule has 2 fully saturated rings. The van der Waals surface area contributed by atoms with Crippen molar-refractivity contribution in [1.82, 2.24) is 14.9 Å². The van der Waals surface area contributed by atoms with Crippen LogP contribution in [-0.4, -0.2) is 61.7 Å². The summed E-state index contributed by atoms with van der Waals surface area (Å²) >= 11 is 0. The van der Waals surface area contributed by atoms with Crippen LogP contribution < -0.4 is 15.0 Å². The molecule has 4 rings (SSSR count). The largest absolute Gasteiger partial charge is 0.495 e. The van der Waals surface area contributed by atoms with Gasteiger partial charge in [0.25, 0.3) is 0 Å².